The van der Waals surface area contributed by atoms with Crippen molar-refractivity contribution in [3.05, 3.63) is 0 Å². The van der Waals surface area contributed by atoms with Gasteiger partial charge in [0.2, 0.25) is 0 Å². The van der Waals surface area contributed by atoms with Gasteiger partial charge in [-0.25, -0.2) is 4.39 Å². The molecule has 0 aliphatic heterocycles. The van der Waals surface area contributed by atoms with Gasteiger partial charge in [0, 0.05) is 11.7 Å². The Hall–Kier alpha value is -0.250. The van der Waals surface area contributed by atoms with Gasteiger partial charge in [0.05, 0.1) is 5.92 Å². The Balaban J connectivity index is 2.42. The maximum atomic E-state index is 12.3. The van der Waals surface area contributed by atoms with Crippen LogP contribution in [-0.2, 0) is 4.79 Å². The van der Waals surface area contributed by atoms with E-state index < -0.39 is 18.1 Å². The number of hydrogen-bond donors (Lipinski definition) is 2. The van der Waals surface area contributed by atoms with Gasteiger partial charge in [-0.2, -0.15) is 12.6 Å². The summed E-state index contributed by atoms with van der Waals surface area (Å²) in [5.74, 6) is -1.55. The van der Waals surface area contributed by atoms with E-state index in [1.54, 1.807) is 0 Å². The van der Waals surface area contributed by atoms with Gasteiger partial charge in [-0.3, -0.25) is 4.79 Å². The molecule has 3 unspecified atom stereocenters. The van der Waals surface area contributed by atoms with Crippen LogP contribution in [0.15, 0.2) is 0 Å². The number of carboxylic acids is 1. The molecule has 1 fully saturated rings. The van der Waals surface area contributed by atoms with Gasteiger partial charge in [0.1, 0.15) is 6.17 Å². The molecule has 2 nitrogen and oxygen atoms in total. The summed E-state index contributed by atoms with van der Waals surface area (Å²) in [6, 6.07) is 0. The molecule has 1 aliphatic carbocycles. The molecule has 0 radical (unpaired) electrons. The van der Waals surface area contributed by atoms with Crippen LogP contribution >= 0.6 is 12.6 Å². The molecule has 4 heteroatoms. The predicted molar refractivity (Wildman–Crippen MR) is 38.0 cm³/mol. The molecule has 3 atom stereocenters. The van der Waals surface area contributed by atoms with Crippen LogP contribution in [0.1, 0.15) is 6.42 Å². The van der Waals surface area contributed by atoms with Gasteiger partial charge in [0.15, 0.2) is 0 Å². The summed E-state index contributed by atoms with van der Waals surface area (Å²) in [5.41, 5.74) is 0. The average molecular weight is 164 g/mol. The van der Waals surface area contributed by atoms with Gasteiger partial charge < -0.3 is 5.11 Å². The SMILES string of the molecule is O=C(O)C(CS)C1CC1F. The van der Waals surface area contributed by atoms with Crippen molar-refractivity contribution in [2.24, 2.45) is 11.8 Å². The topological polar surface area (TPSA) is 37.3 Å². The number of halogens is 1. The highest BCUT2D eigenvalue weighted by Crippen LogP contribution is 2.40. The number of rotatable bonds is 3. The number of aliphatic carboxylic acids is 1. The molecular weight excluding hydrogens is 155 g/mol. The van der Waals surface area contributed by atoms with E-state index in [4.69, 9.17) is 5.11 Å². The highest BCUT2D eigenvalue weighted by Gasteiger charge is 2.46. The molecule has 0 aromatic rings. The quantitative estimate of drug-likeness (QED) is 0.610. The van der Waals surface area contributed by atoms with Gasteiger partial charge in [-0.05, 0) is 6.42 Å². The molecule has 0 amide bonds. The highest BCUT2D eigenvalue weighted by molar-refractivity contribution is 7.80. The van der Waals surface area contributed by atoms with Crippen LogP contribution in [0, 0.1) is 11.8 Å². The highest BCUT2D eigenvalue weighted by atomic mass is 32.1. The number of hydrogen-bond acceptors (Lipinski definition) is 2. The summed E-state index contributed by atoms with van der Waals surface area (Å²) < 4.78 is 12.3. The average Bonchev–Trinajstić information content (AvgIpc) is 2.48. The first-order valence-corrected chi connectivity index (χ1v) is 3.77. The molecule has 58 valence electrons. The Labute approximate surface area is 63.8 Å². The smallest absolute Gasteiger partial charge is 0.307 e. The van der Waals surface area contributed by atoms with Crippen molar-refractivity contribution in [1.29, 1.82) is 0 Å². The second-order valence-corrected chi connectivity index (χ2v) is 2.91. The minimum absolute atomic E-state index is 0.237. The second-order valence-electron chi connectivity index (χ2n) is 2.54. The fourth-order valence-electron chi connectivity index (χ4n) is 0.994. The summed E-state index contributed by atoms with van der Waals surface area (Å²) in [6.45, 7) is 0. The van der Waals surface area contributed by atoms with Crippen molar-refractivity contribution >= 4 is 18.6 Å². The lowest BCUT2D eigenvalue weighted by molar-refractivity contribution is -0.141. The van der Waals surface area contributed by atoms with Crippen LogP contribution in [0.25, 0.3) is 0 Å². The number of alkyl halides is 1. The molecule has 0 heterocycles. The number of carboxylic acid groups (broad SMARTS) is 1. The van der Waals surface area contributed by atoms with E-state index in [1.807, 2.05) is 0 Å². The standard InChI is InChI=1S/C6H9FO2S/c7-5-1-3(5)4(2-10)6(8)9/h3-5,10H,1-2H2,(H,8,9). The van der Waals surface area contributed by atoms with E-state index in [0.717, 1.165) is 0 Å². The lowest BCUT2D eigenvalue weighted by Crippen LogP contribution is -2.18. The van der Waals surface area contributed by atoms with E-state index in [2.05, 4.69) is 12.6 Å². The lowest BCUT2D eigenvalue weighted by Gasteiger charge is -2.04. The van der Waals surface area contributed by atoms with Crippen molar-refractivity contribution in [1.82, 2.24) is 0 Å². The van der Waals surface area contributed by atoms with Crippen LogP contribution in [0.3, 0.4) is 0 Å². The van der Waals surface area contributed by atoms with E-state index in [1.165, 1.54) is 0 Å². The van der Waals surface area contributed by atoms with Crippen LogP contribution < -0.4 is 0 Å². The fraction of sp³-hybridized carbons (Fsp3) is 0.833. The van der Waals surface area contributed by atoms with Crippen molar-refractivity contribution < 1.29 is 14.3 Å². The molecule has 0 saturated heterocycles. The van der Waals surface area contributed by atoms with Crippen LogP contribution in [0.5, 0.6) is 0 Å². The zero-order valence-corrected chi connectivity index (χ0v) is 6.22. The fourth-order valence-corrected chi connectivity index (χ4v) is 1.42. The third kappa shape index (κ3) is 1.42. The summed E-state index contributed by atoms with van der Waals surface area (Å²) >= 11 is 3.83. The van der Waals surface area contributed by atoms with E-state index in [0.29, 0.717) is 6.42 Å². The second kappa shape index (κ2) is 2.78. The van der Waals surface area contributed by atoms with E-state index in [-0.39, 0.29) is 11.7 Å². The molecule has 0 bridgehead atoms. The van der Waals surface area contributed by atoms with Gasteiger partial charge in [-0.15, -0.1) is 0 Å². The molecule has 1 rings (SSSR count). The van der Waals surface area contributed by atoms with Gasteiger partial charge in [-0.1, -0.05) is 0 Å². The Morgan fingerprint density at radius 1 is 1.90 bits per heavy atom. The molecule has 10 heavy (non-hydrogen) atoms. The maximum Gasteiger partial charge on any atom is 0.307 e. The molecule has 0 aromatic heterocycles. The molecule has 0 aromatic carbocycles. The summed E-state index contributed by atoms with van der Waals surface area (Å²) in [7, 11) is 0. The van der Waals surface area contributed by atoms with Crippen LogP contribution in [-0.4, -0.2) is 23.0 Å². The van der Waals surface area contributed by atoms with Crippen LogP contribution in [0.4, 0.5) is 4.39 Å². The normalized spacial score (nSPS) is 33.4. The summed E-state index contributed by atoms with van der Waals surface area (Å²) in [5, 5.41) is 8.49. The Morgan fingerprint density at radius 2 is 2.40 bits per heavy atom. The summed E-state index contributed by atoms with van der Waals surface area (Å²) in [6.07, 6.45) is -0.495. The molecular formula is C6H9FO2S. The Bertz CT molecular complexity index is 151. The molecule has 1 aliphatic rings. The van der Waals surface area contributed by atoms with Crippen molar-refractivity contribution in [2.45, 2.75) is 12.6 Å². The van der Waals surface area contributed by atoms with E-state index in [9.17, 15) is 9.18 Å². The first-order chi connectivity index (χ1) is 4.66. The Morgan fingerprint density at radius 3 is 2.50 bits per heavy atom. The predicted octanol–water partition coefficient (Wildman–Crippen LogP) is 0.975. The van der Waals surface area contributed by atoms with Gasteiger partial charge >= 0.3 is 5.97 Å². The third-order valence-corrected chi connectivity index (χ3v) is 2.18. The monoisotopic (exact) mass is 164 g/mol. The van der Waals surface area contributed by atoms with Gasteiger partial charge in [0.25, 0.3) is 0 Å². The minimum atomic E-state index is -0.930. The van der Waals surface area contributed by atoms with E-state index >= 15 is 0 Å². The zero-order chi connectivity index (χ0) is 7.72. The number of thiol groups is 1. The molecule has 1 saturated carbocycles. The van der Waals surface area contributed by atoms with Crippen molar-refractivity contribution in [2.75, 3.05) is 5.75 Å². The largest absolute Gasteiger partial charge is 0.481 e. The van der Waals surface area contributed by atoms with Crippen LogP contribution in [0.2, 0.25) is 0 Å². The Kier molecular flexibility index (Phi) is 2.18. The van der Waals surface area contributed by atoms with Crippen molar-refractivity contribution in [3.63, 3.8) is 0 Å². The summed E-state index contributed by atoms with van der Waals surface area (Å²) in [4.78, 5) is 10.3. The van der Waals surface area contributed by atoms with Crippen molar-refractivity contribution in [3.8, 4) is 0 Å². The maximum absolute atomic E-state index is 12.3. The first kappa shape index (κ1) is 7.85. The third-order valence-electron chi connectivity index (χ3n) is 1.79. The molecule has 1 N–H and O–H groups in total. The first-order valence-electron chi connectivity index (χ1n) is 3.14. The minimum Gasteiger partial charge on any atom is -0.481 e. The lowest BCUT2D eigenvalue weighted by atomic mass is 10.1. The number of carbonyl (C=O) groups is 1. The zero-order valence-electron chi connectivity index (χ0n) is 5.33. The molecule has 0 spiro atoms.